The van der Waals surface area contributed by atoms with Crippen LogP contribution in [0.15, 0.2) is 66.9 Å². The summed E-state index contributed by atoms with van der Waals surface area (Å²) in [4.78, 5) is 1.10. The first kappa shape index (κ1) is 12.2. The molecule has 0 unspecified atom stereocenters. The molecule has 0 atom stereocenters. The fraction of sp³-hybridized carbons (Fsp3) is 0. The molecule has 0 fully saturated rings. The monoisotopic (exact) mass is 291 g/mol. The Bertz CT molecular complexity index is 873. The van der Waals surface area contributed by atoms with Crippen molar-refractivity contribution >= 4 is 27.1 Å². The summed E-state index contributed by atoms with van der Waals surface area (Å²) in [5.74, 6) is 0. The van der Waals surface area contributed by atoms with Crippen LogP contribution in [0.3, 0.4) is 0 Å². The van der Waals surface area contributed by atoms with E-state index < -0.39 is 0 Å². The van der Waals surface area contributed by atoms with Crippen LogP contribution in [0.4, 0.5) is 5.69 Å². The van der Waals surface area contributed by atoms with Gasteiger partial charge in [-0.25, -0.2) is 4.68 Å². The summed E-state index contributed by atoms with van der Waals surface area (Å²) in [6.07, 6.45) is 1.87. The number of nitrogens with two attached hydrogens (primary N) is 1. The van der Waals surface area contributed by atoms with Gasteiger partial charge in [-0.3, -0.25) is 0 Å². The molecule has 0 aliphatic heterocycles. The maximum absolute atomic E-state index is 6.16. The molecule has 21 heavy (non-hydrogen) atoms. The molecule has 4 heteroatoms. The Balaban J connectivity index is 1.84. The number of benzene rings is 2. The van der Waals surface area contributed by atoms with E-state index in [-0.39, 0.29) is 0 Å². The van der Waals surface area contributed by atoms with Crippen LogP contribution in [0.5, 0.6) is 0 Å². The molecular weight excluding hydrogens is 278 g/mol. The molecule has 4 aromatic rings. The Morgan fingerprint density at radius 3 is 2.52 bits per heavy atom. The molecule has 0 aliphatic rings. The summed E-state index contributed by atoms with van der Waals surface area (Å²) < 4.78 is 3.08. The molecular formula is C17H13N3S. The van der Waals surface area contributed by atoms with Gasteiger partial charge in [-0.05, 0) is 29.7 Å². The van der Waals surface area contributed by atoms with Gasteiger partial charge in [-0.1, -0.05) is 36.4 Å². The van der Waals surface area contributed by atoms with E-state index in [9.17, 15) is 0 Å². The average Bonchev–Trinajstić information content (AvgIpc) is 3.11. The first-order valence-electron chi connectivity index (χ1n) is 6.71. The smallest absolute Gasteiger partial charge is 0.126 e. The molecule has 0 saturated heterocycles. The number of nitrogens with zero attached hydrogens (tertiary/aromatic N) is 2. The summed E-state index contributed by atoms with van der Waals surface area (Å²) in [7, 11) is 0. The maximum atomic E-state index is 6.16. The van der Waals surface area contributed by atoms with Crippen LogP contribution >= 0.6 is 11.3 Å². The van der Waals surface area contributed by atoms with E-state index in [2.05, 4.69) is 29.4 Å². The minimum absolute atomic E-state index is 0.699. The highest BCUT2D eigenvalue weighted by Crippen LogP contribution is 2.35. The molecule has 0 spiro atoms. The topological polar surface area (TPSA) is 43.8 Å². The fourth-order valence-electron chi connectivity index (χ4n) is 2.39. The van der Waals surface area contributed by atoms with Crippen LogP contribution in [-0.4, -0.2) is 9.78 Å². The van der Waals surface area contributed by atoms with Crippen LogP contribution in [0.25, 0.3) is 26.3 Å². The van der Waals surface area contributed by atoms with Crippen LogP contribution in [0.2, 0.25) is 0 Å². The Kier molecular flexibility index (Phi) is 2.75. The van der Waals surface area contributed by atoms with E-state index in [1.165, 1.54) is 10.1 Å². The molecule has 2 aromatic heterocycles. The average molecular weight is 291 g/mol. The van der Waals surface area contributed by atoms with Crippen molar-refractivity contribution < 1.29 is 0 Å². The Morgan fingerprint density at radius 1 is 0.952 bits per heavy atom. The summed E-state index contributed by atoms with van der Waals surface area (Å²) >= 11 is 1.72. The quantitative estimate of drug-likeness (QED) is 0.597. The predicted molar refractivity (Wildman–Crippen MR) is 88.8 cm³/mol. The van der Waals surface area contributed by atoms with Gasteiger partial charge in [0.1, 0.15) is 5.69 Å². The van der Waals surface area contributed by atoms with E-state index in [1.54, 1.807) is 11.3 Å². The van der Waals surface area contributed by atoms with Gasteiger partial charge in [-0.15, -0.1) is 11.3 Å². The minimum atomic E-state index is 0.699. The number of anilines is 1. The SMILES string of the molecule is Nc1cn(-c2ccccc2)nc1-c1cc2ccccc2s1. The van der Waals surface area contributed by atoms with Crippen molar-refractivity contribution in [3.63, 3.8) is 0 Å². The molecule has 0 saturated carbocycles. The first-order valence-corrected chi connectivity index (χ1v) is 7.52. The standard InChI is InChI=1S/C17H13N3S/c18-14-11-20(13-7-2-1-3-8-13)19-17(14)16-10-12-6-4-5-9-15(12)21-16/h1-11H,18H2. The lowest BCUT2D eigenvalue weighted by Crippen LogP contribution is -1.93. The summed E-state index contributed by atoms with van der Waals surface area (Å²) in [5, 5.41) is 5.88. The largest absolute Gasteiger partial charge is 0.396 e. The van der Waals surface area contributed by atoms with Gasteiger partial charge in [0.2, 0.25) is 0 Å². The number of hydrogen-bond acceptors (Lipinski definition) is 3. The minimum Gasteiger partial charge on any atom is -0.396 e. The maximum Gasteiger partial charge on any atom is 0.126 e. The van der Waals surface area contributed by atoms with Gasteiger partial charge < -0.3 is 5.73 Å². The number of thiophene rings is 1. The van der Waals surface area contributed by atoms with Crippen molar-refractivity contribution in [2.75, 3.05) is 5.73 Å². The van der Waals surface area contributed by atoms with E-state index in [0.717, 1.165) is 16.3 Å². The molecule has 0 radical (unpaired) electrons. The molecule has 102 valence electrons. The molecule has 4 rings (SSSR count). The van der Waals surface area contributed by atoms with E-state index in [0.29, 0.717) is 5.69 Å². The summed E-state index contributed by atoms with van der Waals surface area (Å²) in [6, 6.07) is 20.5. The zero-order valence-electron chi connectivity index (χ0n) is 11.2. The van der Waals surface area contributed by atoms with Crippen LogP contribution in [0, 0.1) is 0 Å². The number of aromatic nitrogens is 2. The van der Waals surface area contributed by atoms with Gasteiger partial charge in [0, 0.05) is 4.70 Å². The van der Waals surface area contributed by atoms with Crippen LogP contribution < -0.4 is 5.73 Å². The third-order valence-corrected chi connectivity index (χ3v) is 4.55. The number of nitrogen functional groups attached to an aromatic ring is 1. The molecule has 3 nitrogen and oxygen atoms in total. The second-order valence-electron chi connectivity index (χ2n) is 4.86. The Hall–Kier alpha value is -2.59. The number of para-hydroxylation sites is 1. The third kappa shape index (κ3) is 2.10. The lowest BCUT2D eigenvalue weighted by molar-refractivity contribution is 0.885. The number of rotatable bonds is 2. The zero-order valence-corrected chi connectivity index (χ0v) is 12.0. The Labute approximate surface area is 126 Å². The second kappa shape index (κ2) is 4.75. The molecule has 0 bridgehead atoms. The third-order valence-electron chi connectivity index (χ3n) is 3.42. The zero-order chi connectivity index (χ0) is 14.2. The van der Waals surface area contributed by atoms with Crippen LogP contribution in [0.1, 0.15) is 0 Å². The number of fused-ring (bicyclic) bond motifs is 1. The van der Waals surface area contributed by atoms with Crippen molar-refractivity contribution in [2.45, 2.75) is 0 Å². The van der Waals surface area contributed by atoms with Gasteiger partial charge >= 0.3 is 0 Å². The van der Waals surface area contributed by atoms with Crippen molar-refractivity contribution in [1.29, 1.82) is 0 Å². The number of hydrogen-bond donors (Lipinski definition) is 1. The van der Waals surface area contributed by atoms with E-state index >= 15 is 0 Å². The van der Waals surface area contributed by atoms with Crippen molar-refractivity contribution in [1.82, 2.24) is 9.78 Å². The van der Waals surface area contributed by atoms with E-state index in [4.69, 9.17) is 5.73 Å². The molecule has 2 N–H and O–H groups in total. The molecule has 2 aromatic carbocycles. The molecule has 0 amide bonds. The lowest BCUT2D eigenvalue weighted by Gasteiger charge is -1.98. The van der Waals surface area contributed by atoms with Gasteiger partial charge in [0.15, 0.2) is 0 Å². The van der Waals surface area contributed by atoms with Crippen molar-refractivity contribution in [3.8, 4) is 16.3 Å². The molecule has 0 aliphatic carbocycles. The normalized spacial score (nSPS) is 11.0. The predicted octanol–water partition coefficient (Wildman–Crippen LogP) is 4.34. The van der Waals surface area contributed by atoms with Gasteiger partial charge in [0.05, 0.1) is 22.4 Å². The fourth-order valence-corrected chi connectivity index (χ4v) is 3.46. The van der Waals surface area contributed by atoms with Gasteiger partial charge in [-0.2, -0.15) is 5.10 Å². The van der Waals surface area contributed by atoms with Gasteiger partial charge in [0.25, 0.3) is 0 Å². The Morgan fingerprint density at radius 2 is 1.71 bits per heavy atom. The summed E-state index contributed by atoms with van der Waals surface area (Å²) in [6.45, 7) is 0. The van der Waals surface area contributed by atoms with E-state index in [1.807, 2.05) is 47.3 Å². The van der Waals surface area contributed by atoms with Crippen molar-refractivity contribution in [2.24, 2.45) is 0 Å². The van der Waals surface area contributed by atoms with Crippen molar-refractivity contribution in [3.05, 3.63) is 66.9 Å². The lowest BCUT2D eigenvalue weighted by atomic mass is 10.2. The van der Waals surface area contributed by atoms with Crippen LogP contribution in [-0.2, 0) is 0 Å². The first-order chi connectivity index (χ1) is 10.3. The molecule has 2 heterocycles. The summed E-state index contributed by atoms with van der Waals surface area (Å²) in [5.41, 5.74) is 8.71. The second-order valence-corrected chi connectivity index (χ2v) is 5.95. The highest BCUT2D eigenvalue weighted by molar-refractivity contribution is 7.22. The highest BCUT2D eigenvalue weighted by Gasteiger charge is 2.12. The highest BCUT2D eigenvalue weighted by atomic mass is 32.1.